The molecule has 0 saturated carbocycles. The molecule has 1 heterocycles. The second kappa shape index (κ2) is 5.19. The number of carbonyl (C=O) groups is 1. The Hall–Kier alpha value is -2.21. The van der Waals surface area contributed by atoms with Gasteiger partial charge in [0.2, 0.25) is 5.78 Å². The molecule has 0 fully saturated rings. The number of hydrogen-bond donors (Lipinski definition) is 0. The summed E-state index contributed by atoms with van der Waals surface area (Å²) in [5, 5.41) is 9.35. The summed E-state index contributed by atoms with van der Waals surface area (Å²) in [5.41, 5.74) is 0.382. The van der Waals surface area contributed by atoms with Crippen molar-refractivity contribution in [3.8, 4) is 0 Å². The first-order chi connectivity index (χ1) is 8.99. The van der Waals surface area contributed by atoms with Crippen molar-refractivity contribution < 1.29 is 18.5 Å². The van der Waals surface area contributed by atoms with E-state index in [1.807, 2.05) is 0 Å². The van der Waals surface area contributed by atoms with Crippen molar-refractivity contribution in [2.45, 2.75) is 5.38 Å². The van der Waals surface area contributed by atoms with Gasteiger partial charge in [-0.05, 0) is 23.8 Å². The van der Waals surface area contributed by atoms with Gasteiger partial charge in [-0.25, -0.2) is 4.39 Å². The lowest BCUT2D eigenvalue weighted by Crippen LogP contribution is -2.06. The van der Waals surface area contributed by atoms with Gasteiger partial charge in [-0.1, -0.05) is 12.1 Å². The second-order valence-electron chi connectivity index (χ2n) is 3.67. The van der Waals surface area contributed by atoms with Crippen LogP contribution in [0.4, 0.5) is 10.3 Å². The zero-order chi connectivity index (χ0) is 14.0. The van der Waals surface area contributed by atoms with E-state index in [2.05, 4.69) is 0 Å². The molecule has 0 spiro atoms. The molecule has 0 radical (unpaired) electrons. The van der Waals surface area contributed by atoms with E-state index in [9.17, 15) is 19.3 Å². The number of benzene rings is 1. The highest BCUT2D eigenvalue weighted by Crippen LogP contribution is 2.27. The van der Waals surface area contributed by atoms with Crippen LogP contribution in [0.1, 0.15) is 21.5 Å². The molecular weight excluding hydrogens is 277 g/mol. The van der Waals surface area contributed by atoms with Crippen LogP contribution in [0, 0.1) is 15.9 Å². The van der Waals surface area contributed by atoms with Crippen LogP contribution in [0.25, 0.3) is 0 Å². The summed E-state index contributed by atoms with van der Waals surface area (Å²) in [7, 11) is 0. The van der Waals surface area contributed by atoms with Crippen LogP contribution in [-0.4, -0.2) is 10.7 Å². The van der Waals surface area contributed by atoms with Crippen LogP contribution in [0.15, 0.2) is 40.8 Å². The zero-order valence-electron chi connectivity index (χ0n) is 9.38. The molecule has 19 heavy (non-hydrogen) atoms. The molecule has 1 aromatic heterocycles. The minimum Gasteiger partial charge on any atom is -0.397 e. The first kappa shape index (κ1) is 13.2. The smallest absolute Gasteiger partial charge is 0.397 e. The summed E-state index contributed by atoms with van der Waals surface area (Å²) in [4.78, 5) is 21.6. The fraction of sp³-hybridized carbons (Fsp3) is 0.0833. The van der Waals surface area contributed by atoms with Crippen LogP contribution < -0.4 is 0 Å². The molecule has 0 amide bonds. The molecule has 1 atom stereocenters. The molecule has 0 aliphatic rings. The summed E-state index contributed by atoms with van der Waals surface area (Å²) in [6.45, 7) is 0. The number of carbonyl (C=O) groups excluding carboxylic acids is 1. The maximum absolute atomic E-state index is 12.7. The molecule has 98 valence electrons. The number of ketones is 1. The number of alkyl halides is 1. The Bertz CT molecular complexity index is 623. The maximum Gasteiger partial charge on any atom is 0.433 e. The monoisotopic (exact) mass is 283 g/mol. The Morgan fingerprint density at radius 3 is 2.42 bits per heavy atom. The number of nitrogens with zero attached hydrogens (tertiary/aromatic N) is 1. The number of Topliss-reactive ketones (excluding diaryl/α,β-unsaturated/α-hetero) is 1. The van der Waals surface area contributed by atoms with Crippen molar-refractivity contribution in [2.75, 3.05) is 0 Å². The van der Waals surface area contributed by atoms with E-state index in [0.29, 0.717) is 5.56 Å². The predicted molar refractivity (Wildman–Crippen MR) is 64.7 cm³/mol. The standard InChI is InChI=1S/C12H7ClFNO4/c13-11(7-1-3-8(14)4-2-7)12(16)9-5-6-10(19-9)15(17)18/h1-6,11H. The van der Waals surface area contributed by atoms with Crippen molar-refractivity contribution in [1.82, 2.24) is 0 Å². The van der Waals surface area contributed by atoms with Gasteiger partial charge in [0.15, 0.2) is 5.76 Å². The lowest BCUT2D eigenvalue weighted by molar-refractivity contribution is -0.402. The third kappa shape index (κ3) is 2.79. The molecule has 7 heteroatoms. The summed E-state index contributed by atoms with van der Waals surface area (Å²) < 4.78 is 17.5. The Kier molecular flexibility index (Phi) is 3.62. The average molecular weight is 284 g/mol. The Morgan fingerprint density at radius 1 is 1.26 bits per heavy atom. The van der Waals surface area contributed by atoms with Gasteiger partial charge in [-0.3, -0.25) is 14.9 Å². The van der Waals surface area contributed by atoms with Crippen molar-refractivity contribution in [3.05, 3.63) is 63.7 Å². The molecule has 2 rings (SSSR count). The molecule has 5 nitrogen and oxygen atoms in total. The van der Waals surface area contributed by atoms with Gasteiger partial charge in [0, 0.05) is 0 Å². The summed E-state index contributed by atoms with van der Waals surface area (Å²) in [5.74, 6) is -1.82. The molecule has 0 saturated heterocycles. The average Bonchev–Trinajstić information content (AvgIpc) is 2.87. The zero-order valence-corrected chi connectivity index (χ0v) is 10.1. The summed E-state index contributed by atoms with van der Waals surface area (Å²) >= 11 is 5.93. The van der Waals surface area contributed by atoms with Gasteiger partial charge in [0.1, 0.15) is 16.1 Å². The van der Waals surface area contributed by atoms with E-state index < -0.39 is 27.8 Å². The second-order valence-corrected chi connectivity index (χ2v) is 4.11. The summed E-state index contributed by atoms with van der Waals surface area (Å²) in [6.07, 6.45) is 0. The molecule has 0 aliphatic carbocycles. The number of nitro groups is 1. The van der Waals surface area contributed by atoms with Crippen LogP contribution in [0.5, 0.6) is 0 Å². The highest BCUT2D eigenvalue weighted by molar-refractivity contribution is 6.33. The molecule has 1 unspecified atom stereocenters. The lowest BCUT2D eigenvalue weighted by Gasteiger charge is -2.06. The van der Waals surface area contributed by atoms with Gasteiger partial charge in [-0.2, -0.15) is 0 Å². The summed E-state index contributed by atoms with van der Waals surface area (Å²) in [6, 6.07) is 7.32. The lowest BCUT2D eigenvalue weighted by atomic mass is 10.1. The van der Waals surface area contributed by atoms with Crippen LogP contribution in [-0.2, 0) is 0 Å². The molecule has 0 N–H and O–H groups in total. The highest BCUT2D eigenvalue weighted by atomic mass is 35.5. The number of rotatable bonds is 4. The first-order valence-electron chi connectivity index (χ1n) is 5.17. The van der Waals surface area contributed by atoms with Gasteiger partial charge >= 0.3 is 5.88 Å². The first-order valence-corrected chi connectivity index (χ1v) is 5.60. The van der Waals surface area contributed by atoms with Crippen LogP contribution in [0.2, 0.25) is 0 Å². The largest absolute Gasteiger partial charge is 0.433 e. The molecule has 0 aliphatic heterocycles. The molecule has 0 bridgehead atoms. The maximum atomic E-state index is 12.7. The Morgan fingerprint density at radius 2 is 1.89 bits per heavy atom. The van der Waals surface area contributed by atoms with Gasteiger partial charge in [-0.15, -0.1) is 11.6 Å². The van der Waals surface area contributed by atoms with Crippen molar-refractivity contribution in [1.29, 1.82) is 0 Å². The molecule has 2 aromatic rings. The SMILES string of the molecule is O=C(c1ccc([N+](=O)[O-])o1)C(Cl)c1ccc(F)cc1. The fourth-order valence-electron chi connectivity index (χ4n) is 1.47. The number of hydrogen-bond acceptors (Lipinski definition) is 4. The van der Waals surface area contributed by atoms with Gasteiger partial charge in [0.05, 0.1) is 6.07 Å². The molecule has 1 aromatic carbocycles. The minimum atomic E-state index is -1.09. The Labute approximate surface area is 111 Å². The van der Waals surface area contributed by atoms with Crippen molar-refractivity contribution in [3.63, 3.8) is 0 Å². The van der Waals surface area contributed by atoms with E-state index in [-0.39, 0.29) is 5.76 Å². The van der Waals surface area contributed by atoms with Crippen LogP contribution in [0.3, 0.4) is 0 Å². The highest BCUT2D eigenvalue weighted by Gasteiger charge is 2.24. The van der Waals surface area contributed by atoms with E-state index in [4.69, 9.17) is 16.0 Å². The topological polar surface area (TPSA) is 73.3 Å². The van der Waals surface area contributed by atoms with Crippen molar-refractivity contribution >= 4 is 23.3 Å². The normalized spacial score (nSPS) is 12.1. The van der Waals surface area contributed by atoms with Gasteiger partial charge in [0.25, 0.3) is 0 Å². The third-order valence-electron chi connectivity index (χ3n) is 2.41. The van der Waals surface area contributed by atoms with E-state index >= 15 is 0 Å². The van der Waals surface area contributed by atoms with Crippen molar-refractivity contribution in [2.24, 2.45) is 0 Å². The predicted octanol–water partition coefficient (Wildman–Crippen LogP) is 3.49. The van der Waals surface area contributed by atoms with Gasteiger partial charge < -0.3 is 4.42 Å². The third-order valence-corrected chi connectivity index (χ3v) is 2.86. The molecular formula is C12H7ClFNO4. The van der Waals surface area contributed by atoms with E-state index in [1.54, 1.807) is 0 Å². The van der Waals surface area contributed by atoms with E-state index in [1.165, 1.54) is 30.3 Å². The Balaban J connectivity index is 2.22. The quantitative estimate of drug-likeness (QED) is 0.372. The fourth-order valence-corrected chi connectivity index (χ4v) is 1.72. The number of halogens is 2. The number of furan rings is 1. The van der Waals surface area contributed by atoms with Crippen LogP contribution >= 0.6 is 11.6 Å². The minimum absolute atomic E-state index is 0.212. The van der Waals surface area contributed by atoms with E-state index in [0.717, 1.165) is 6.07 Å².